The molecule has 1 aromatic carbocycles. The van der Waals surface area contributed by atoms with E-state index in [1.807, 2.05) is 24.3 Å². The molecule has 1 N–H and O–H groups in total. The zero-order chi connectivity index (χ0) is 17.3. The van der Waals surface area contributed by atoms with Gasteiger partial charge in [-0.2, -0.15) is 22.4 Å². The van der Waals surface area contributed by atoms with Gasteiger partial charge in [-0.25, -0.2) is 0 Å². The van der Waals surface area contributed by atoms with Crippen molar-refractivity contribution in [3.63, 3.8) is 0 Å². The van der Waals surface area contributed by atoms with Gasteiger partial charge in [0, 0.05) is 33.2 Å². The van der Waals surface area contributed by atoms with E-state index >= 15 is 0 Å². The van der Waals surface area contributed by atoms with Crippen LogP contribution in [0.4, 0.5) is 6.01 Å². The number of nitrogens with zero attached hydrogens (tertiary/aromatic N) is 3. The molecular formula is C16H24N4O3S. The highest BCUT2D eigenvalue weighted by Gasteiger charge is 2.33. The van der Waals surface area contributed by atoms with Gasteiger partial charge in [-0.05, 0) is 24.5 Å². The molecule has 2 atom stereocenters. The number of benzene rings is 1. The SMILES string of the molecule is CC[C@@H]1CN(c2nc3ccccc3o2)CC[C@@H]1NS(=O)(=O)N(C)C. The van der Waals surface area contributed by atoms with Crippen LogP contribution in [-0.2, 0) is 10.2 Å². The maximum absolute atomic E-state index is 12.1. The molecule has 7 nitrogen and oxygen atoms in total. The number of hydrogen-bond donors (Lipinski definition) is 1. The van der Waals surface area contributed by atoms with Crippen LogP contribution in [0.25, 0.3) is 11.1 Å². The Kier molecular flexibility index (Phi) is 4.80. The monoisotopic (exact) mass is 352 g/mol. The summed E-state index contributed by atoms with van der Waals surface area (Å²) in [5.74, 6) is 0.212. The van der Waals surface area contributed by atoms with E-state index in [1.54, 1.807) is 0 Å². The lowest BCUT2D eigenvalue weighted by Crippen LogP contribution is -2.53. The molecule has 2 heterocycles. The molecule has 1 aliphatic heterocycles. The first-order chi connectivity index (χ1) is 11.4. The minimum atomic E-state index is -3.42. The predicted molar refractivity (Wildman–Crippen MR) is 94.2 cm³/mol. The normalized spacial score (nSPS) is 22.4. The van der Waals surface area contributed by atoms with Crippen LogP contribution in [-0.4, -0.2) is 50.9 Å². The molecular weight excluding hydrogens is 328 g/mol. The lowest BCUT2D eigenvalue weighted by Gasteiger charge is -2.38. The standard InChI is InChI=1S/C16H24N4O3S/c1-4-12-11-20(10-9-13(12)18-24(21,22)19(2)3)16-17-14-7-5-6-8-15(14)23-16/h5-8,12-13,18H,4,9-11H2,1-3H3/t12-,13+/m1/s1. The quantitative estimate of drug-likeness (QED) is 0.888. The molecule has 0 amide bonds. The summed E-state index contributed by atoms with van der Waals surface area (Å²) in [4.78, 5) is 6.65. The molecule has 0 unspecified atom stereocenters. The highest BCUT2D eigenvalue weighted by atomic mass is 32.2. The second-order valence-electron chi connectivity index (χ2n) is 6.38. The molecule has 2 aromatic rings. The number of rotatable bonds is 5. The molecule has 24 heavy (non-hydrogen) atoms. The van der Waals surface area contributed by atoms with Gasteiger partial charge in [0.25, 0.3) is 16.2 Å². The summed E-state index contributed by atoms with van der Waals surface area (Å²) in [6.45, 7) is 3.52. The molecule has 1 saturated heterocycles. The first-order valence-electron chi connectivity index (χ1n) is 8.21. The van der Waals surface area contributed by atoms with E-state index < -0.39 is 10.2 Å². The lowest BCUT2D eigenvalue weighted by molar-refractivity contribution is 0.312. The van der Waals surface area contributed by atoms with Crippen molar-refractivity contribution in [3.8, 4) is 0 Å². The van der Waals surface area contributed by atoms with Crippen LogP contribution in [0.3, 0.4) is 0 Å². The lowest BCUT2D eigenvalue weighted by atomic mass is 9.91. The largest absolute Gasteiger partial charge is 0.423 e. The van der Waals surface area contributed by atoms with Crippen molar-refractivity contribution in [3.05, 3.63) is 24.3 Å². The van der Waals surface area contributed by atoms with Gasteiger partial charge in [-0.15, -0.1) is 0 Å². The smallest absolute Gasteiger partial charge is 0.298 e. The van der Waals surface area contributed by atoms with Gasteiger partial charge in [0.2, 0.25) is 0 Å². The van der Waals surface area contributed by atoms with E-state index in [0.717, 1.165) is 30.5 Å². The average Bonchev–Trinajstić information content (AvgIpc) is 2.98. The molecule has 132 valence electrons. The summed E-state index contributed by atoms with van der Waals surface area (Å²) >= 11 is 0. The minimum absolute atomic E-state index is 0.0666. The number of nitrogens with one attached hydrogen (secondary N) is 1. The van der Waals surface area contributed by atoms with E-state index in [4.69, 9.17) is 4.42 Å². The second kappa shape index (κ2) is 6.70. The summed E-state index contributed by atoms with van der Waals surface area (Å²) in [5, 5.41) is 0. The van der Waals surface area contributed by atoms with E-state index in [-0.39, 0.29) is 12.0 Å². The molecule has 1 aliphatic rings. The number of aromatic nitrogens is 1. The van der Waals surface area contributed by atoms with Crippen molar-refractivity contribution in [1.29, 1.82) is 0 Å². The zero-order valence-electron chi connectivity index (χ0n) is 14.3. The Hall–Kier alpha value is -1.64. The number of fused-ring (bicyclic) bond motifs is 1. The summed E-state index contributed by atoms with van der Waals surface area (Å²) in [6.07, 6.45) is 1.61. The van der Waals surface area contributed by atoms with E-state index in [1.165, 1.54) is 18.4 Å². The molecule has 0 saturated carbocycles. The third-order valence-corrected chi connectivity index (χ3v) is 6.15. The Morgan fingerprint density at radius 2 is 2.12 bits per heavy atom. The van der Waals surface area contributed by atoms with Gasteiger partial charge in [-0.3, -0.25) is 0 Å². The highest BCUT2D eigenvalue weighted by molar-refractivity contribution is 7.87. The molecule has 1 fully saturated rings. The Balaban J connectivity index is 1.75. The van der Waals surface area contributed by atoms with Crippen LogP contribution in [0, 0.1) is 5.92 Å². The van der Waals surface area contributed by atoms with Crippen molar-refractivity contribution in [1.82, 2.24) is 14.0 Å². The predicted octanol–water partition coefficient (Wildman–Crippen LogP) is 1.83. The first kappa shape index (κ1) is 17.2. The average molecular weight is 352 g/mol. The van der Waals surface area contributed by atoms with E-state index in [9.17, 15) is 8.42 Å². The Bertz CT molecular complexity index is 770. The molecule has 0 aliphatic carbocycles. The summed E-state index contributed by atoms with van der Waals surface area (Å²) in [6, 6.07) is 8.24. The molecule has 8 heteroatoms. The summed E-state index contributed by atoms with van der Waals surface area (Å²) < 4.78 is 34.1. The molecule has 3 rings (SSSR count). The number of hydrogen-bond acceptors (Lipinski definition) is 5. The summed E-state index contributed by atoms with van der Waals surface area (Å²) in [7, 11) is -0.341. The Labute approximate surface area is 142 Å². The van der Waals surface area contributed by atoms with Crippen molar-refractivity contribution < 1.29 is 12.8 Å². The number of piperidine rings is 1. The topological polar surface area (TPSA) is 78.7 Å². The first-order valence-corrected chi connectivity index (χ1v) is 9.65. The van der Waals surface area contributed by atoms with E-state index in [0.29, 0.717) is 12.6 Å². The van der Waals surface area contributed by atoms with Crippen LogP contribution in [0.2, 0.25) is 0 Å². The fourth-order valence-electron chi connectivity index (χ4n) is 3.07. The fraction of sp³-hybridized carbons (Fsp3) is 0.562. The minimum Gasteiger partial charge on any atom is -0.423 e. The van der Waals surface area contributed by atoms with E-state index in [2.05, 4.69) is 21.5 Å². The van der Waals surface area contributed by atoms with Gasteiger partial charge in [0.1, 0.15) is 5.52 Å². The Morgan fingerprint density at radius 1 is 1.38 bits per heavy atom. The second-order valence-corrected chi connectivity index (χ2v) is 8.30. The zero-order valence-corrected chi connectivity index (χ0v) is 15.1. The fourth-order valence-corrected chi connectivity index (χ4v) is 3.97. The van der Waals surface area contributed by atoms with Crippen LogP contribution in [0.5, 0.6) is 0 Å². The van der Waals surface area contributed by atoms with Gasteiger partial charge >= 0.3 is 0 Å². The third-order valence-electron chi connectivity index (χ3n) is 4.59. The number of oxazole rings is 1. The number of para-hydroxylation sites is 2. The van der Waals surface area contributed by atoms with Crippen molar-refractivity contribution in [2.75, 3.05) is 32.1 Å². The van der Waals surface area contributed by atoms with Crippen molar-refractivity contribution in [2.45, 2.75) is 25.8 Å². The van der Waals surface area contributed by atoms with Crippen molar-refractivity contribution in [2.24, 2.45) is 5.92 Å². The van der Waals surface area contributed by atoms with Gasteiger partial charge in [-0.1, -0.05) is 25.5 Å². The molecule has 0 radical (unpaired) electrons. The van der Waals surface area contributed by atoms with Crippen molar-refractivity contribution >= 4 is 27.3 Å². The maximum Gasteiger partial charge on any atom is 0.298 e. The molecule has 1 aromatic heterocycles. The van der Waals surface area contributed by atoms with Gasteiger partial charge in [0.05, 0.1) is 0 Å². The van der Waals surface area contributed by atoms with Gasteiger partial charge < -0.3 is 9.32 Å². The third kappa shape index (κ3) is 3.40. The Morgan fingerprint density at radius 3 is 2.79 bits per heavy atom. The van der Waals surface area contributed by atoms with Crippen LogP contribution < -0.4 is 9.62 Å². The highest BCUT2D eigenvalue weighted by Crippen LogP contribution is 2.28. The maximum atomic E-state index is 12.1. The molecule has 0 bridgehead atoms. The van der Waals surface area contributed by atoms with Crippen LogP contribution in [0.1, 0.15) is 19.8 Å². The van der Waals surface area contributed by atoms with Crippen LogP contribution in [0.15, 0.2) is 28.7 Å². The number of anilines is 1. The summed E-state index contributed by atoms with van der Waals surface area (Å²) in [5.41, 5.74) is 1.62. The van der Waals surface area contributed by atoms with Gasteiger partial charge in [0.15, 0.2) is 5.58 Å². The van der Waals surface area contributed by atoms with Crippen LogP contribution >= 0.6 is 0 Å². The molecule has 0 spiro atoms.